The van der Waals surface area contributed by atoms with Gasteiger partial charge in [0, 0.05) is 12.1 Å². The van der Waals surface area contributed by atoms with Crippen molar-refractivity contribution in [1.29, 1.82) is 5.26 Å². The number of carbonyl (C=O) groups excluding carboxylic acids is 3. The molecule has 0 aromatic heterocycles. The maximum Gasteiger partial charge on any atom is 0.408 e. The van der Waals surface area contributed by atoms with Crippen LogP contribution in [0.25, 0.3) is 0 Å². The summed E-state index contributed by atoms with van der Waals surface area (Å²) in [5, 5.41) is 19.8. The van der Waals surface area contributed by atoms with E-state index in [4.69, 9.17) is 10.00 Å². The van der Waals surface area contributed by atoms with Gasteiger partial charge in [-0.1, -0.05) is 0 Å². The number of allylic oxidation sites excluding steroid dienone is 1. The van der Waals surface area contributed by atoms with Gasteiger partial charge in [-0.3, -0.25) is 18.7 Å². The molecule has 0 aliphatic carbocycles. The van der Waals surface area contributed by atoms with Crippen LogP contribution < -0.4 is 5.32 Å². The summed E-state index contributed by atoms with van der Waals surface area (Å²) in [6.07, 6.45) is 0.786. The fraction of sp³-hybridized carbons (Fsp3) is 0.526. The van der Waals surface area contributed by atoms with E-state index in [1.54, 1.807) is 20.8 Å². The molecular formula is C19H22N4O7S. The number of aliphatic carboxylic acids is 1. The molecule has 0 bridgehead atoms. The molecule has 166 valence electrons. The van der Waals surface area contributed by atoms with Gasteiger partial charge in [-0.25, -0.2) is 9.59 Å². The summed E-state index contributed by atoms with van der Waals surface area (Å²) >= 11 is 0. The third-order valence-corrected chi connectivity index (χ3v) is 6.47. The highest BCUT2D eigenvalue weighted by molar-refractivity contribution is 7.86. The van der Waals surface area contributed by atoms with Gasteiger partial charge in [0.05, 0.1) is 22.6 Å². The van der Waals surface area contributed by atoms with Gasteiger partial charge in [0.1, 0.15) is 29.3 Å². The molecule has 3 rings (SSSR count). The minimum absolute atomic E-state index is 0.0857. The smallest absolute Gasteiger partial charge is 0.408 e. The Bertz CT molecular complexity index is 988. The molecule has 0 radical (unpaired) electrons. The van der Waals surface area contributed by atoms with Crippen LogP contribution in [-0.2, 0) is 29.9 Å². The van der Waals surface area contributed by atoms with Crippen molar-refractivity contribution >= 4 is 34.7 Å². The molecule has 31 heavy (non-hydrogen) atoms. The summed E-state index contributed by atoms with van der Waals surface area (Å²) in [6.45, 7) is 5.18. The average Bonchev–Trinajstić information content (AvgIpc) is 2.98. The summed E-state index contributed by atoms with van der Waals surface area (Å²) < 4.78 is 17.9. The van der Waals surface area contributed by atoms with Crippen molar-refractivity contribution in [2.75, 3.05) is 18.8 Å². The molecule has 0 aromatic rings. The molecule has 2 saturated heterocycles. The first kappa shape index (κ1) is 22.5. The molecular weight excluding hydrogens is 428 g/mol. The van der Waals surface area contributed by atoms with E-state index in [1.165, 1.54) is 11.0 Å². The molecule has 0 saturated carbocycles. The number of nitrogens with zero attached hydrogens (tertiary/aromatic N) is 3. The second-order valence-electron chi connectivity index (χ2n) is 8.23. The predicted molar refractivity (Wildman–Crippen MR) is 106 cm³/mol. The van der Waals surface area contributed by atoms with Crippen molar-refractivity contribution in [1.82, 2.24) is 15.1 Å². The second-order valence-corrected chi connectivity index (χ2v) is 9.76. The topological polar surface area (TPSA) is 157 Å². The van der Waals surface area contributed by atoms with Crippen LogP contribution in [0, 0.1) is 11.3 Å². The Morgan fingerprint density at radius 3 is 2.65 bits per heavy atom. The lowest BCUT2D eigenvalue weighted by Crippen LogP contribution is -2.73. The van der Waals surface area contributed by atoms with E-state index in [2.05, 4.69) is 5.32 Å². The molecule has 12 heteroatoms. The monoisotopic (exact) mass is 450 g/mol. The van der Waals surface area contributed by atoms with Gasteiger partial charge in [-0.15, -0.1) is 0 Å². The summed E-state index contributed by atoms with van der Waals surface area (Å²) in [5.41, 5.74) is -0.791. The predicted octanol–water partition coefficient (Wildman–Crippen LogP) is -0.169. The van der Waals surface area contributed by atoms with Crippen LogP contribution in [0.5, 0.6) is 0 Å². The molecule has 0 aromatic carbocycles. The summed E-state index contributed by atoms with van der Waals surface area (Å²) in [4.78, 5) is 51.1. The van der Waals surface area contributed by atoms with E-state index in [-0.39, 0.29) is 29.1 Å². The van der Waals surface area contributed by atoms with Crippen molar-refractivity contribution < 1.29 is 33.2 Å². The Labute approximate surface area is 180 Å². The van der Waals surface area contributed by atoms with Crippen molar-refractivity contribution in [3.63, 3.8) is 0 Å². The van der Waals surface area contributed by atoms with Crippen molar-refractivity contribution in [3.05, 3.63) is 22.9 Å². The van der Waals surface area contributed by atoms with Crippen LogP contribution in [0.4, 0.5) is 4.79 Å². The van der Waals surface area contributed by atoms with Gasteiger partial charge in [0.2, 0.25) is 0 Å². The zero-order valence-electron chi connectivity index (χ0n) is 17.2. The molecule has 3 unspecified atom stereocenters. The first-order chi connectivity index (χ1) is 14.4. The summed E-state index contributed by atoms with van der Waals surface area (Å²) in [7, 11) is -1.72. The highest BCUT2D eigenvalue weighted by Gasteiger charge is 2.57. The van der Waals surface area contributed by atoms with Crippen LogP contribution in [0.2, 0.25) is 0 Å². The lowest BCUT2D eigenvalue weighted by Gasteiger charge is -2.48. The normalized spacial score (nSPS) is 27.0. The van der Waals surface area contributed by atoms with Gasteiger partial charge in [-0.05, 0) is 38.8 Å². The first-order valence-electron chi connectivity index (χ1n) is 9.47. The van der Waals surface area contributed by atoms with Crippen LogP contribution in [0.1, 0.15) is 27.2 Å². The average molecular weight is 450 g/mol. The number of nitriles is 1. The summed E-state index contributed by atoms with van der Waals surface area (Å²) in [6, 6.07) is 0.718. The van der Waals surface area contributed by atoms with Gasteiger partial charge < -0.3 is 20.1 Å². The number of carboxylic acids is 1. The number of carboxylic acid groups (broad SMARTS) is 1. The van der Waals surface area contributed by atoms with E-state index in [0.29, 0.717) is 13.0 Å². The number of hydrogen-bond acceptors (Lipinski definition) is 7. The number of nitrogens with one attached hydrogen (secondary N) is 1. The third-order valence-electron chi connectivity index (χ3n) is 4.85. The minimum atomic E-state index is -1.72. The molecule has 0 spiro atoms. The Morgan fingerprint density at radius 1 is 1.39 bits per heavy atom. The highest BCUT2D eigenvalue weighted by atomic mass is 32.2. The minimum Gasteiger partial charge on any atom is -0.477 e. The first-order valence-corrected chi connectivity index (χ1v) is 10.9. The number of amides is 3. The van der Waals surface area contributed by atoms with Crippen LogP contribution in [0.3, 0.4) is 0 Å². The fourth-order valence-electron chi connectivity index (χ4n) is 3.60. The SMILES string of the molecule is CC(C)(C)OC(=O)NC1C(=O)N2C(C(=O)O)=C(C=C3CCN(CC#N)C3=O)CS(=O)C12. The van der Waals surface area contributed by atoms with Crippen LogP contribution >= 0.6 is 0 Å². The Kier molecular flexibility index (Phi) is 5.91. The Morgan fingerprint density at radius 2 is 2.06 bits per heavy atom. The largest absolute Gasteiger partial charge is 0.477 e. The zero-order chi connectivity index (χ0) is 23.1. The quantitative estimate of drug-likeness (QED) is 0.340. The molecule has 2 N–H and O–H groups in total. The lowest BCUT2D eigenvalue weighted by atomic mass is 10.0. The van der Waals surface area contributed by atoms with Gasteiger partial charge in [0.25, 0.3) is 11.8 Å². The lowest BCUT2D eigenvalue weighted by molar-refractivity contribution is -0.149. The van der Waals surface area contributed by atoms with Crippen LogP contribution in [-0.4, -0.2) is 78.9 Å². The number of carbonyl (C=O) groups is 4. The van der Waals surface area contributed by atoms with E-state index < -0.39 is 51.7 Å². The molecule has 2 fully saturated rings. The third kappa shape index (κ3) is 4.32. The number of rotatable bonds is 4. The number of likely N-dealkylation sites (tertiary alicyclic amines) is 1. The van der Waals surface area contributed by atoms with E-state index in [1.807, 2.05) is 6.07 Å². The summed E-state index contributed by atoms with van der Waals surface area (Å²) in [5.74, 6) is -2.72. The van der Waals surface area contributed by atoms with Crippen molar-refractivity contribution in [3.8, 4) is 6.07 Å². The van der Waals surface area contributed by atoms with Crippen molar-refractivity contribution in [2.24, 2.45) is 0 Å². The van der Waals surface area contributed by atoms with E-state index in [0.717, 1.165) is 4.90 Å². The molecule has 3 aliphatic rings. The Balaban J connectivity index is 1.87. The molecule has 3 atom stereocenters. The fourth-order valence-corrected chi connectivity index (χ4v) is 5.23. The molecule has 3 amide bonds. The van der Waals surface area contributed by atoms with Gasteiger partial charge in [-0.2, -0.15) is 5.26 Å². The standard InChI is InChI=1S/C19H22N4O7S/c1-19(2,3)30-18(28)21-12-15(25)23-13(17(26)27)11(9-31(29)16(12)23)8-10-4-6-22(7-5-20)14(10)24/h8,12,16H,4,6-7,9H2,1-3H3,(H,21,28)(H,26,27). The van der Waals surface area contributed by atoms with Gasteiger partial charge in [0.15, 0.2) is 0 Å². The number of ether oxygens (including phenoxy) is 1. The van der Waals surface area contributed by atoms with Crippen LogP contribution in [0.15, 0.2) is 22.9 Å². The van der Waals surface area contributed by atoms with Gasteiger partial charge >= 0.3 is 12.1 Å². The number of fused-ring (bicyclic) bond motifs is 1. The Hall–Kier alpha value is -3.20. The number of β-lactam (4-membered cyclic amide) rings is 1. The van der Waals surface area contributed by atoms with E-state index in [9.17, 15) is 28.5 Å². The number of hydrogen-bond donors (Lipinski definition) is 2. The second kappa shape index (κ2) is 8.14. The maximum atomic E-state index is 12.8. The maximum absolute atomic E-state index is 12.8. The highest BCUT2D eigenvalue weighted by Crippen LogP contribution is 2.36. The molecule has 3 heterocycles. The van der Waals surface area contributed by atoms with E-state index >= 15 is 0 Å². The molecule has 3 aliphatic heterocycles. The molecule has 11 nitrogen and oxygen atoms in total. The zero-order valence-corrected chi connectivity index (χ0v) is 18.0. The number of alkyl carbamates (subject to hydrolysis) is 1. The van der Waals surface area contributed by atoms with Crippen molar-refractivity contribution in [2.45, 2.75) is 44.2 Å².